The largest absolute Gasteiger partial charge is 0.286 e. The third-order valence-corrected chi connectivity index (χ3v) is 5.12. The number of benzene rings is 1. The van der Waals surface area contributed by atoms with Crippen molar-refractivity contribution < 1.29 is 21.4 Å². The first-order valence-electron chi connectivity index (χ1n) is 4.87. The van der Waals surface area contributed by atoms with Crippen molar-refractivity contribution in [1.29, 1.82) is 0 Å². The van der Waals surface area contributed by atoms with E-state index in [1.807, 2.05) is 0 Å². The molecule has 1 aromatic rings. The Kier molecular flexibility index (Phi) is 3.95. The summed E-state index contributed by atoms with van der Waals surface area (Å²) in [5.74, 6) is -1.40. The third kappa shape index (κ3) is 4.10. The zero-order valence-electron chi connectivity index (χ0n) is 9.54. The normalized spacial score (nSPS) is 12.6. The first kappa shape index (κ1) is 14.1. The van der Waals surface area contributed by atoms with Gasteiger partial charge in [0, 0.05) is 0 Å². The van der Waals surface area contributed by atoms with E-state index in [9.17, 15) is 16.8 Å². The zero-order valence-corrected chi connectivity index (χ0v) is 11.2. The average molecular weight is 278 g/mol. The molecule has 5 nitrogen and oxygen atoms in total. The molecule has 0 aliphatic heterocycles. The van der Waals surface area contributed by atoms with Crippen molar-refractivity contribution in [1.82, 2.24) is 0 Å². The first-order valence-corrected chi connectivity index (χ1v) is 8.13. The summed E-state index contributed by atoms with van der Waals surface area (Å²) >= 11 is 0. The van der Waals surface area contributed by atoms with Crippen LogP contribution in [0.5, 0.6) is 0 Å². The van der Waals surface area contributed by atoms with Crippen LogP contribution in [-0.2, 0) is 20.0 Å². The van der Waals surface area contributed by atoms with E-state index in [4.69, 9.17) is 4.55 Å². The number of hydrogen-bond donors (Lipinski definition) is 1. The summed E-state index contributed by atoms with van der Waals surface area (Å²) < 4.78 is 53.4. The molecular weight excluding hydrogens is 264 g/mol. The summed E-state index contributed by atoms with van der Waals surface area (Å²) in [6, 6.07) is 4.93. The van der Waals surface area contributed by atoms with Gasteiger partial charge in [0.15, 0.2) is 9.84 Å². The minimum absolute atomic E-state index is 0.112. The Bertz CT molecular complexity index is 614. The molecule has 0 atom stereocenters. The standard InChI is InChI=1S/C10H14O5S2/c1-8-3-4-9(2)10(7-8)16(11,12)5-6-17(13,14)15/h3-4,7H,5-6H2,1-2H3,(H,13,14,15). The lowest BCUT2D eigenvalue weighted by atomic mass is 10.2. The van der Waals surface area contributed by atoms with Crippen molar-refractivity contribution in [3.8, 4) is 0 Å². The highest BCUT2D eigenvalue weighted by Crippen LogP contribution is 2.18. The summed E-state index contributed by atoms with van der Waals surface area (Å²) in [5, 5.41) is 0. The van der Waals surface area contributed by atoms with Crippen LogP contribution in [0.2, 0.25) is 0 Å². The molecule has 0 spiro atoms. The van der Waals surface area contributed by atoms with Gasteiger partial charge >= 0.3 is 0 Å². The van der Waals surface area contributed by atoms with Gasteiger partial charge in [0.25, 0.3) is 10.1 Å². The van der Waals surface area contributed by atoms with E-state index in [1.165, 1.54) is 6.07 Å². The minimum atomic E-state index is -4.27. The van der Waals surface area contributed by atoms with E-state index >= 15 is 0 Å². The molecule has 0 unspecified atom stereocenters. The van der Waals surface area contributed by atoms with Crippen LogP contribution in [-0.4, -0.2) is 32.9 Å². The second-order valence-corrected chi connectivity index (χ2v) is 7.52. The van der Waals surface area contributed by atoms with Gasteiger partial charge in [-0.3, -0.25) is 4.55 Å². The highest BCUT2D eigenvalue weighted by atomic mass is 32.2. The van der Waals surface area contributed by atoms with E-state index in [-0.39, 0.29) is 4.90 Å². The number of rotatable bonds is 4. The Balaban J connectivity index is 3.10. The zero-order chi connectivity index (χ0) is 13.3. The lowest BCUT2D eigenvalue weighted by Crippen LogP contribution is -2.17. The van der Waals surface area contributed by atoms with Crippen molar-refractivity contribution in [3.05, 3.63) is 29.3 Å². The Hall–Kier alpha value is -0.920. The highest BCUT2D eigenvalue weighted by Gasteiger charge is 2.20. The van der Waals surface area contributed by atoms with Gasteiger partial charge in [-0.25, -0.2) is 8.42 Å². The van der Waals surface area contributed by atoms with Crippen molar-refractivity contribution in [2.24, 2.45) is 0 Å². The monoisotopic (exact) mass is 278 g/mol. The van der Waals surface area contributed by atoms with E-state index in [2.05, 4.69) is 0 Å². The fourth-order valence-corrected chi connectivity index (χ4v) is 4.23. The lowest BCUT2D eigenvalue weighted by molar-refractivity contribution is 0.484. The molecule has 0 aliphatic carbocycles. The molecule has 0 saturated heterocycles. The van der Waals surface area contributed by atoms with Crippen molar-refractivity contribution in [3.63, 3.8) is 0 Å². The molecule has 0 aromatic heterocycles. The molecule has 0 bridgehead atoms. The van der Waals surface area contributed by atoms with Crippen LogP contribution in [0.25, 0.3) is 0 Å². The Labute approximate surface area is 101 Å². The van der Waals surface area contributed by atoms with Gasteiger partial charge in [-0.2, -0.15) is 8.42 Å². The molecule has 1 rings (SSSR count). The van der Waals surface area contributed by atoms with Gasteiger partial charge in [0.05, 0.1) is 16.4 Å². The molecule has 0 radical (unpaired) electrons. The molecule has 0 amide bonds. The number of hydrogen-bond acceptors (Lipinski definition) is 4. The van der Waals surface area contributed by atoms with E-state index in [1.54, 1.807) is 26.0 Å². The summed E-state index contributed by atoms with van der Waals surface area (Å²) in [7, 11) is -7.95. The van der Waals surface area contributed by atoms with Crippen LogP contribution < -0.4 is 0 Å². The molecule has 0 aliphatic rings. The Morgan fingerprint density at radius 3 is 2.18 bits per heavy atom. The van der Waals surface area contributed by atoms with Crippen LogP contribution in [0, 0.1) is 13.8 Å². The third-order valence-electron chi connectivity index (χ3n) is 2.29. The highest BCUT2D eigenvalue weighted by molar-refractivity contribution is 7.93. The number of aryl methyl sites for hydroxylation is 2. The molecule has 7 heteroatoms. The van der Waals surface area contributed by atoms with E-state index in [0.717, 1.165) is 5.56 Å². The van der Waals surface area contributed by atoms with E-state index in [0.29, 0.717) is 5.56 Å². The molecular formula is C10H14O5S2. The topological polar surface area (TPSA) is 88.5 Å². The Morgan fingerprint density at radius 1 is 1.06 bits per heavy atom. The van der Waals surface area contributed by atoms with Crippen molar-refractivity contribution in [2.45, 2.75) is 18.7 Å². The lowest BCUT2D eigenvalue weighted by Gasteiger charge is -2.07. The summed E-state index contributed by atoms with van der Waals surface area (Å²) in [4.78, 5) is 0.112. The van der Waals surface area contributed by atoms with Crippen LogP contribution in [0.1, 0.15) is 11.1 Å². The fourth-order valence-electron chi connectivity index (χ4n) is 1.37. The fraction of sp³-hybridized carbons (Fsp3) is 0.400. The Morgan fingerprint density at radius 2 is 1.65 bits per heavy atom. The SMILES string of the molecule is Cc1ccc(C)c(S(=O)(=O)CCS(=O)(=O)O)c1. The predicted molar refractivity (Wildman–Crippen MR) is 64.4 cm³/mol. The maximum Gasteiger partial charge on any atom is 0.265 e. The van der Waals surface area contributed by atoms with Gasteiger partial charge in [-0.05, 0) is 31.0 Å². The van der Waals surface area contributed by atoms with E-state index < -0.39 is 31.5 Å². The smallest absolute Gasteiger partial charge is 0.265 e. The molecule has 0 saturated carbocycles. The molecule has 1 N–H and O–H groups in total. The maximum absolute atomic E-state index is 11.9. The second kappa shape index (κ2) is 4.75. The van der Waals surface area contributed by atoms with Crippen LogP contribution in [0.4, 0.5) is 0 Å². The van der Waals surface area contributed by atoms with Crippen molar-refractivity contribution >= 4 is 20.0 Å². The molecule has 96 valence electrons. The minimum Gasteiger partial charge on any atom is -0.286 e. The maximum atomic E-state index is 11.9. The van der Waals surface area contributed by atoms with Gasteiger partial charge in [0.2, 0.25) is 0 Å². The average Bonchev–Trinajstić information content (AvgIpc) is 2.18. The van der Waals surface area contributed by atoms with Crippen LogP contribution >= 0.6 is 0 Å². The summed E-state index contributed by atoms with van der Waals surface area (Å²) in [6.07, 6.45) is 0. The predicted octanol–water partition coefficient (Wildman–Crippen LogP) is 0.965. The van der Waals surface area contributed by atoms with Gasteiger partial charge in [-0.1, -0.05) is 12.1 Å². The molecule has 1 aromatic carbocycles. The molecule has 0 fully saturated rings. The van der Waals surface area contributed by atoms with Gasteiger partial charge in [-0.15, -0.1) is 0 Å². The van der Waals surface area contributed by atoms with Gasteiger partial charge < -0.3 is 0 Å². The summed E-state index contributed by atoms with van der Waals surface area (Å²) in [5.41, 5.74) is 1.34. The number of sulfone groups is 1. The second-order valence-electron chi connectivity index (χ2n) is 3.87. The van der Waals surface area contributed by atoms with Crippen LogP contribution in [0.15, 0.2) is 23.1 Å². The first-order chi connectivity index (χ1) is 7.62. The quantitative estimate of drug-likeness (QED) is 0.829. The van der Waals surface area contributed by atoms with Crippen LogP contribution in [0.3, 0.4) is 0 Å². The summed E-state index contributed by atoms with van der Waals surface area (Å²) in [6.45, 7) is 3.39. The molecule has 0 heterocycles. The van der Waals surface area contributed by atoms with Gasteiger partial charge in [0.1, 0.15) is 0 Å². The van der Waals surface area contributed by atoms with Crippen molar-refractivity contribution in [2.75, 3.05) is 11.5 Å². The molecule has 17 heavy (non-hydrogen) atoms.